The van der Waals surface area contributed by atoms with Gasteiger partial charge in [0.15, 0.2) is 0 Å². The molecule has 0 heterocycles. The summed E-state index contributed by atoms with van der Waals surface area (Å²) in [6.45, 7) is 0.806. The zero-order valence-corrected chi connectivity index (χ0v) is 10.9. The van der Waals surface area contributed by atoms with E-state index in [0.29, 0.717) is 0 Å². The molecule has 0 spiro atoms. The van der Waals surface area contributed by atoms with Crippen molar-refractivity contribution in [2.24, 2.45) is 5.84 Å². The Kier molecular flexibility index (Phi) is 6.54. The summed E-state index contributed by atoms with van der Waals surface area (Å²) in [5.41, 5.74) is 1.24. The number of methoxy groups -OCH3 is 1. The highest BCUT2D eigenvalue weighted by atomic mass is 16.5. The molecule has 0 amide bonds. The second-order valence-corrected chi connectivity index (χ2v) is 3.92. The number of nitrogens with zero attached hydrogens (tertiary/aromatic N) is 1. The molecular weight excluding hydrogens is 224 g/mol. The highest BCUT2D eigenvalue weighted by Gasteiger charge is 1.90. The van der Waals surface area contributed by atoms with E-state index in [1.54, 1.807) is 12.1 Å². The van der Waals surface area contributed by atoms with Crippen LogP contribution in [0.15, 0.2) is 60.7 Å². The van der Waals surface area contributed by atoms with Gasteiger partial charge in [-0.2, -0.15) is 0 Å². The molecule has 2 aromatic rings. The van der Waals surface area contributed by atoms with Gasteiger partial charge in [0.25, 0.3) is 0 Å². The van der Waals surface area contributed by atoms with Crippen molar-refractivity contribution < 1.29 is 4.74 Å². The summed E-state index contributed by atoms with van der Waals surface area (Å²) in [5.74, 6) is 6.37. The Morgan fingerprint density at radius 3 is 1.83 bits per heavy atom. The third-order valence-electron chi connectivity index (χ3n) is 2.25. The van der Waals surface area contributed by atoms with E-state index in [0.717, 1.165) is 12.3 Å². The summed E-state index contributed by atoms with van der Waals surface area (Å²) in [5, 5.41) is 1.66. The van der Waals surface area contributed by atoms with Gasteiger partial charge in [-0.1, -0.05) is 48.5 Å². The molecule has 0 radical (unpaired) electrons. The van der Waals surface area contributed by atoms with Crippen molar-refractivity contribution in [1.29, 1.82) is 0 Å². The number of hydrogen-bond acceptors (Lipinski definition) is 3. The first-order chi connectivity index (χ1) is 8.72. The van der Waals surface area contributed by atoms with Crippen molar-refractivity contribution in [2.45, 2.75) is 6.54 Å². The van der Waals surface area contributed by atoms with Gasteiger partial charge in [-0.25, -0.2) is 5.01 Å². The predicted octanol–water partition coefficient (Wildman–Crippen LogP) is 2.69. The smallest absolute Gasteiger partial charge is 0.118 e. The maximum Gasteiger partial charge on any atom is 0.118 e. The topological polar surface area (TPSA) is 38.5 Å². The van der Waals surface area contributed by atoms with Gasteiger partial charge in [-0.3, -0.25) is 5.84 Å². The van der Waals surface area contributed by atoms with E-state index in [1.165, 1.54) is 5.56 Å². The molecule has 0 saturated carbocycles. The van der Waals surface area contributed by atoms with Crippen molar-refractivity contribution >= 4 is 0 Å². The average molecular weight is 244 g/mol. The Balaban J connectivity index is 0.000000184. The average Bonchev–Trinajstić information content (AvgIpc) is 2.41. The van der Waals surface area contributed by atoms with Crippen LogP contribution in [-0.2, 0) is 6.54 Å². The van der Waals surface area contributed by atoms with Gasteiger partial charge >= 0.3 is 0 Å². The van der Waals surface area contributed by atoms with Gasteiger partial charge in [-0.05, 0) is 17.7 Å². The van der Waals surface area contributed by atoms with Crippen LogP contribution in [0, 0.1) is 0 Å². The molecule has 3 heteroatoms. The number of hydrazine groups is 1. The van der Waals surface area contributed by atoms with E-state index < -0.39 is 0 Å². The molecule has 0 saturated heterocycles. The number of rotatable bonds is 3. The molecule has 0 fully saturated rings. The van der Waals surface area contributed by atoms with Crippen LogP contribution in [0.2, 0.25) is 0 Å². The first-order valence-electron chi connectivity index (χ1n) is 5.81. The van der Waals surface area contributed by atoms with Crippen LogP contribution in [0.3, 0.4) is 0 Å². The van der Waals surface area contributed by atoms with Gasteiger partial charge in [0.2, 0.25) is 0 Å². The number of para-hydroxylation sites is 1. The fourth-order valence-corrected chi connectivity index (χ4v) is 1.43. The molecule has 0 aliphatic rings. The normalized spacial score (nSPS) is 9.56. The Bertz CT molecular complexity index is 415. The minimum Gasteiger partial charge on any atom is -0.497 e. The predicted molar refractivity (Wildman–Crippen MR) is 75.1 cm³/mol. The lowest BCUT2D eigenvalue weighted by atomic mass is 10.2. The van der Waals surface area contributed by atoms with E-state index in [1.807, 2.05) is 55.6 Å². The first kappa shape index (κ1) is 14.2. The maximum atomic E-state index is 5.46. The molecule has 18 heavy (non-hydrogen) atoms. The molecule has 0 aliphatic carbocycles. The summed E-state index contributed by atoms with van der Waals surface area (Å²) in [4.78, 5) is 0. The lowest BCUT2D eigenvalue weighted by molar-refractivity contribution is 0.341. The summed E-state index contributed by atoms with van der Waals surface area (Å²) >= 11 is 0. The summed E-state index contributed by atoms with van der Waals surface area (Å²) in [6, 6.07) is 19.8. The minimum atomic E-state index is 0.806. The SMILES string of the molecule is CN(N)Cc1ccccc1.COc1ccccc1. The molecule has 96 valence electrons. The van der Waals surface area contributed by atoms with E-state index in [9.17, 15) is 0 Å². The zero-order chi connectivity index (χ0) is 13.2. The molecule has 0 bridgehead atoms. The van der Waals surface area contributed by atoms with E-state index in [2.05, 4.69) is 12.1 Å². The third kappa shape index (κ3) is 6.03. The third-order valence-corrected chi connectivity index (χ3v) is 2.25. The number of benzene rings is 2. The van der Waals surface area contributed by atoms with E-state index in [4.69, 9.17) is 10.6 Å². The van der Waals surface area contributed by atoms with Gasteiger partial charge in [-0.15, -0.1) is 0 Å². The van der Waals surface area contributed by atoms with Crippen LogP contribution in [0.25, 0.3) is 0 Å². The molecule has 2 rings (SSSR count). The lowest BCUT2D eigenvalue weighted by Crippen LogP contribution is -2.24. The minimum absolute atomic E-state index is 0.806. The fourth-order valence-electron chi connectivity index (χ4n) is 1.43. The second-order valence-electron chi connectivity index (χ2n) is 3.92. The van der Waals surface area contributed by atoms with Gasteiger partial charge in [0.1, 0.15) is 5.75 Å². The molecule has 2 aromatic carbocycles. The molecule has 3 nitrogen and oxygen atoms in total. The highest BCUT2D eigenvalue weighted by molar-refractivity contribution is 5.20. The molecular formula is C15H20N2O. The van der Waals surface area contributed by atoms with Gasteiger partial charge < -0.3 is 4.74 Å². The summed E-state index contributed by atoms with van der Waals surface area (Å²) in [6.07, 6.45) is 0. The highest BCUT2D eigenvalue weighted by Crippen LogP contribution is 2.05. The van der Waals surface area contributed by atoms with Gasteiger partial charge in [0, 0.05) is 13.6 Å². The summed E-state index contributed by atoms with van der Waals surface area (Å²) in [7, 11) is 3.52. The monoisotopic (exact) mass is 244 g/mol. The van der Waals surface area contributed by atoms with Crippen molar-refractivity contribution in [2.75, 3.05) is 14.2 Å². The maximum absolute atomic E-state index is 5.46. The standard InChI is InChI=1S/C8H12N2.C7H8O/c1-10(9)7-8-5-3-2-4-6-8;1-8-7-5-3-2-4-6-7/h2-6H,7,9H2,1H3;2-6H,1H3. The van der Waals surface area contributed by atoms with Crippen LogP contribution in [-0.4, -0.2) is 19.2 Å². The summed E-state index contributed by atoms with van der Waals surface area (Å²) < 4.78 is 4.91. The zero-order valence-electron chi connectivity index (χ0n) is 10.9. The second kappa shape index (κ2) is 8.28. The number of nitrogens with two attached hydrogens (primary N) is 1. The Morgan fingerprint density at radius 1 is 0.944 bits per heavy atom. The number of ether oxygens (including phenoxy) is 1. The van der Waals surface area contributed by atoms with Crippen LogP contribution in [0.1, 0.15) is 5.56 Å². The Morgan fingerprint density at radius 2 is 1.44 bits per heavy atom. The van der Waals surface area contributed by atoms with Crippen LogP contribution in [0.4, 0.5) is 0 Å². The van der Waals surface area contributed by atoms with Crippen LogP contribution in [0.5, 0.6) is 5.75 Å². The molecule has 0 aromatic heterocycles. The van der Waals surface area contributed by atoms with Crippen molar-refractivity contribution in [3.8, 4) is 5.75 Å². The molecule has 0 aliphatic heterocycles. The van der Waals surface area contributed by atoms with Crippen molar-refractivity contribution in [3.05, 3.63) is 66.2 Å². The van der Waals surface area contributed by atoms with Crippen LogP contribution < -0.4 is 10.6 Å². The fraction of sp³-hybridized carbons (Fsp3) is 0.200. The lowest BCUT2D eigenvalue weighted by Gasteiger charge is -2.07. The molecule has 0 atom stereocenters. The number of hydrogen-bond donors (Lipinski definition) is 1. The first-order valence-corrected chi connectivity index (χ1v) is 5.81. The largest absolute Gasteiger partial charge is 0.497 e. The Labute approximate surface area is 109 Å². The molecule has 2 N–H and O–H groups in total. The van der Waals surface area contributed by atoms with Crippen LogP contribution >= 0.6 is 0 Å². The van der Waals surface area contributed by atoms with Gasteiger partial charge in [0.05, 0.1) is 7.11 Å². The van der Waals surface area contributed by atoms with Crippen molar-refractivity contribution in [3.63, 3.8) is 0 Å². The van der Waals surface area contributed by atoms with E-state index >= 15 is 0 Å². The van der Waals surface area contributed by atoms with Crippen molar-refractivity contribution in [1.82, 2.24) is 5.01 Å². The van der Waals surface area contributed by atoms with E-state index in [-0.39, 0.29) is 0 Å². The molecule has 0 unspecified atom stereocenters. The quantitative estimate of drug-likeness (QED) is 0.666. The Hall–Kier alpha value is -1.84.